The number of aliphatic hydroxyl groups is 1. The lowest BCUT2D eigenvalue weighted by Gasteiger charge is -2.05. The van der Waals surface area contributed by atoms with E-state index in [1.807, 2.05) is 17.5 Å². The summed E-state index contributed by atoms with van der Waals surface area (Å²) in [5.41, 5.74) is 1.57. The highest BCUT2D eigenvalue weighted by atomic mass is 32.1. The van der Waals surface area contributed by atoms with Crippen LogP contribution in [0.25, 0.3) is 21.5 Å². The number of pyridine rings is 1. The SMILES string of the molecule is O=[N+]([O-])c1c(CO)ccc2nc(-c3cccs3)ccc12. The van der Waals surface area contributed by atoms with E-state index in [-0.39, 0.29) is 12.3 Å². The van der Waals surface area contributed by atoms with Gasteiger partial charge in [0.25, 0.3) is 5.69 Å². The fourth-order valence-corrected chi connectivity index (χ4v) is 2.83. The van der Waals surface area contributed by atoms with Crippen LogP contribution < -0.4 is 0 Å². The zero-order valence-corrected chi connectivity index (χ0v) is 11.1. The third-order valence-corrected chi connectivity index (χ3v) is 3.95. The van der Waals surface area contributed by atoms with Crippen molar-refractivity contribution in [1.29, 1.82) is 0 Å². The van der Waals surface area contributed by atoms with Gasteiger partial charge in [0, 0.05) is 0 Å². The molecule has 3 rings (SSSR count). The Bertz CT molecular complexity index is 784. The molecular weight excluding hydrogens is 276 g/mol. The van der Waals surface area contributed by atoms with Gasteiger partial charge in [0.15, 0.2) is 0 Å². The molecule has 0 fully saturated rings. The van der Waals surface area contributed by atoms with E-state index >= 15 is 0 Å². The molecule has 1 N–H and O–H groups in total. The average molecular weight is 286 g/mol. The molecule has 6 heteroatoms. The summed E-state index contributed by atoms with van der Waals surface area (Å²) in [4.78, 5) is 16.2. The van der Waals surface area contributed by atoms with Crippen molar-refractivity contribution >= 4 is 27.9 Å². The Hall–Kier alpha value is -2.31. The third-order valence-electron chi connectivity index (χ3n) is 3.05. The molecule has 0 aliphatic heterocycles. The molecule has 100 valence electrons. The molecule has 0 bridgehead atoms. The van der Waals surface area contributed by atoms with Gasteiger partial charge in [-0.3, -0.25) is 10.1 Å². The summed E-state index contributed by atoms with van der Waals surface area (Å²) in [6.45, 7) is -0.362. The number of benzene rings is 1. The van der Waals surface area contributed by atoms with Gasteiger partial charge in [-0.05, 0) is 35.7 Å². The van der Waals surface area contributed by atoms with E-state index in [9.17, 15) is 15.2 Å². The Balaban J connectivity index is 2.25. The number of hydrogen-bond acceptors (Lipinski definition) is 5. The van der Waals surface area contributed by atoms with Gasteiger partial charge in [0.1, 0.15) is 0 Å². The van der Waals surface area contributed by atoms with Crippen LogP contribution in [0.2, 0.25) is 0 Å². The third kappa shape index (κ3) is 2.04. The molecule has 2 heterocycles. The van der Waals surface area contributed by atoms with Crippen LogP contribution in [0, 0.1) is 10.1 Å². The van der Waals surface area contributed by atoms with Crippen molar-refractivity contribution in [3.8, 4) is 10.6 Å². The van der Waals surface area contributed by atoms with E-state index in [2.05, 4.69) is 4.98 Å². The maximum Gasteiger partial charge on any atom is 0.284 e. The molecule has 0 atom stereocenters. The Morgan fingerprint density at radius 3 is 2.75 bits per heavy atom. The number of aliphatic hydroxyl groups excluding tert-OH is 1. The minimum atomic E-state index is -0.472. The number of nitro groups is 1. The summed E-state index contributed by atoms with van der Waals surface area (Å²) >= 11 is 1.57. The first-order valence-corrected chi connectivity index (χ1v) is 6.80. The lowest BCUT2D eigenvalue weighted by Crippen LogP contribution is -1.97. The zero-order chi connectivity index (χ0) is 14.1. The Kier molecular flexibility index (Phi) is 3.17. The monoisotopic (exact) mass is 286 g/mol. The first-order chi connectivity index (χ1) is 9.70. The second kappa shape index (κ2) is 4.99. The van der Waals surface area contributed by atoms with E-state index in [4.69, 9.17) is 0 Å². The number of fused-ring (bicyclic) bond motifs is 1. The van der Waals surface area contributed by atoms with Gasteiger partial charge < -0.3 is 5.11 Å². The van der Waals surface area contributed by atoms with Gasteiger partial charge in [-0.25, -0.2) is 4.98 Å². The van der Waals surface area contributed by atoms with Crippen molar-refractivity contribution in [2.24, 2.45) is 0 Å². The van der Waals surface area contributed by atoms with Crippen molar-refractivity contribution in [2.45, 2.75) is 6.61 Å². The van der Waals surface area contributed by atoms with Crippen LogP contribution in [0.1, 0.15) is 5.56 Å². The lowest BCUT2D eigenvalue weighted by molar-refractivity contribution is -0.384. The number of aromatic nitrogens is 1. The minimum absolute atomic E-state index is 0.0739. The molecule has 0 saturated carbocycles. The summed E-state index contributed by atoms with van der Waals surface area (Å²) in [7, 11) is 0. The highest BCUT2D eigenvalue weighted by Gasteiger charge is 2.18. The lowest BCUT2D eigenvalue weighted by atomic mass is 10.1. The van der Waals surface area contributed by atoms with Crippen LogP contribution in [0.4, 0.5) is 5.69 Å². The zero-order valence-electron chi connectivity index (χ0n) is 10.3. The van der Waals surface area contributed by atoms with Gasteiger partial charge in [0.05, 0.1) is 38.6 Å². The highest BCUT2D eigenvalue weighted by molar-refractivity contribution is 7.13. The molecule has 0 spiro atoms. The summed E-state index contributed by atoms with van der Waals surface area (Å²) in [6, 6.07) is 10.6. The molecular formula is C14H10N2O3S. The van der Waals surface area contributed by atoms with Crippen molar-refractivity contribution in [3.05, 3.63) is 57.5 Å². The van der Waals surface area contributed by atoms with Gasteiger partial charge in [0.2, 0.25) is 0 Å². The average Bonchev–Trinajstić information content (AvgIpc) is 2.99. The van der Waals surface area contributed by atoms with Crippen LogP contribution in [0.15, 0.2) is 41.8 Å². The molecule has 20 heavy (non-hydrogen) atoms. The minimum Gasteiger partial charge on any atom is -0.391 e. The van der Waals surface area contributed by atoms with Gasteiger partial charge in [-0.15, -0.1) is 11.3 Å². The summed E-state index contributed by atoms with van der Waals surface area (Å²) in [5.74, 6) is 0. The van der Waals surface area contributed by atoms with Gasteiger partial charge in [-0.2, -0.15) is 0 Å². The van der Waals surface area contributed by atoms with Gasteiger partial charge in [-0.1, -0.05) is 6.07 Å². The summed E-state index contributed by atoms with van der Waals surface area (Å²) < 4.78 is 0. The van der Waals surface area contributed by atoms with Crippen LogP contribution in [0.5, 0.6) is 0 Å². The van der Waals surface area contributed by atoms with Crippen LogP contribution in [0.3, 0.4) is 0 Å². The van der Waals surface area contributed by atoms with Crippen molar-refractivity contribution in [3.63, 3.8) is 0 Å². The molecule has 1 aromatic carbocycles. The molecule has 0 unspecified atom stereocenters. The normalized spacial score (nSPS) is 10.8. The van der Waals surface area contributed by atoms with Crippen molar-refractivity contribution < 1.29 is 10.0 Å². The maximum atomic E-state index is 11.2. The smallest absolute Gasteiger partial charge is 0.284 e. The maximum absolute atomic E-state index is 11.2. The van der Waals surface area contributed by atoms with Crippen LogP contribution in [-0.2, 0) is 6.61 Å². The quantitative estimate of drug-likeness (QED) is 0.591. The number of nitrogens with zero attached hydrogens (tertiary/aromatic N) is 2. The molecule has 3 aromatic rings. The van der Waals surface area contributed by atoms with Crippen LogP contribution in [-0.4, -0.2) is 15.0 Å². The molecule has 0 aliphatic rings. The molecule has 0 amide bonds. The topological polar surface area (TPSA) is 76.3 Å². The highest BCUT2D eigenvalue weighted by Crippen LogP contribution is 2.31. The number of rotatable bonds is 3. The first-order valence-electron chi connectivity index (χ1n) is 5.92. The Labute approximate surface area is 118 Å². The predicted molar refractivity (Wildman–Crippen MR) is 77.6 cm³/mol. The Morgan fingerprint density at radius 2 is 2.10 bits per heavy atom. The van der Waals surface area contributed by atoms with Crippen molar-refractivity contribution in [2.75, 3.05) is 0 Å². The van der Waals surface area contributed by atoms with E-state index in [0.717, 1.165) is 10.6 Å². The van der Waals surface area contributed by atoms with E-state index in [1.165, 1.54) is 0 Å². The first kappa shape index (κ1) is 12.7. The van der Waals surface area contributed by atoms with E-state index in [1.54, 1.807) is 35.6 Å². The summed E-state index contributed by atoms with van der Waals surface area (Å²) in [5, 5.41) is 22.8. The summed E-state index contributed by atoms with van der Waals surface area (Å²) in [6.07, 6.45) is 0. The molecule has 0 radical (unpaired) electrons. The molecule has 0 aliphatic carbocycles. The fraction of sp³-hybridized carbons (Fsp3) is 0.0714. The van der Waals surface area contributed by atoms with E-state index in [0.29, 0.717) is 16.5 Å². The predicted octanol–water partition coefficient (Wildman–Crippen LogP) is 3.36. The number of thiophene rings is 1. The number of hydrogen-bond donors (Lipinski definition) is 1. The second-order valence-corrected chi connectivity index (χ2v) is 5.18. The van der Waals surface area contributed by atoms with Gasteiger partial charge >= 0.3 is 0 Å². The molecule has 0 saturated heterocycles. The largest absolute Gasteiger partial charge is 0.391 e. The second-order valence-electron chi connectivity index (χ2n) is 4.23. The standard InChI is InChI=1S/C14H10N2O3S/c17-8-9-3-5-11-10(14(9)16(18)19)4-6-12(15-11)13-2-1-7-20-13/h1-7,17H,8H2. The Morgan fingerprint density at radius 1 is 1.25 bits per heavy atom. The molecule has 2 aromatic heterocycles. The van der Waals surface area contributed by atoms with Crippen molar-refractivity contribution in [1.82, 2.24) is 4.98 Å². The fourth-order valence-electron chi connectivity index (χ4n) is 2.14. The van der Waals surface area contributed by atoms with Crippen LogP contribution >= 0.6 is 11.3 Å². The van der Waals surface area contributed by atoms with E-state index < -0.39 is 4.92 Å². The number of nitro benzene ring substituents is 1. The molecule has 5 nitrogen and oxygen atoms in total.